The van der Waals surface area contributed by atoms with E-state index in [0.29, 0.717) is 11.3 Å². The first-order valence-electron chi connectivity index (χ1n) is 8.45. The second kappa shape index (κ2) is 8.72. The molecule has 0 aliphatic rings. The van der Waals surface area contributed by atoms with Crippen molar-refractivity contribution in [1.29, 1.82) is 0 Å². The maximum Gasteiger partial charge on any atom is 0.416 e. The number of hydrogen-bond donors (Lipinski definition) is 0. The zero-order chi connectivity index (χ0) is 20.9. The van der Waals surface area contributed by atoms with Crippen LogP contribution in [0, 0.1) is 0 Å². The summed E-state index contributed by atoms with van der Waals surface area (Å²) in [5.74, 6) is 0.445. The first kappa shape index (κ1) is 20.3. The standard InChI is InChI=1S/C19H17F3N4O3/c1-27-16-10-17(28-2)26-18(25-16)29-15(9-14-7-8-23-11-24-14)12-3-5-13(6-4-12)19(20,21)22/h3-8,10-11,15H,9H2,1-2H3. The third-order valence-corrected chi connectivity index (χ3v) is 3.97. The van der Waals surface area contributed by atoms with Gasteiger partial charge in [0.1, 0.15) is 12.4 Å². The molecular weight excluding hydrogens is 389 g/mol. The van der Waals surface area contributed by atoms with Crippen LogP contribution in [0.5, 0.6) is 17.8 Å². The lowest BCUT2D eigenvalue weighted by Crippen LogP contribution is -2.14. The highest BCUT2D eigenvalue weighted by Crippen LogP contribution is 2.31. The van der Waals surface area contributed by atoms with Gasteiger partial charge in [-0.1, -0.05) is 12.1 Å². The van der Waals surface area contributed by atoms with Crippen LogP contribution >= 0.6 is 0 Å². The fourth-order valence-electron chi connectivity index (χ4n) is 2.52. The molecule has 152 valence electrons. The molecule has 0 bridgehead atoms. The van der Waals surface area contributed by atoms with E-state index in [9.17, 15) is 13.2 Å². The van der Waals surface area contributed by atoms with Crippen LogP contribution in [-0.2, 0) is 12.6 Å². The molecule has 2 aromatic heterocycles. The number of hydrogen-bond acceptors (Lipinski definition) is 7. The molecule has 29 heavy (non-hydrogen) atoms. The van der Waals surface area contributed by atoms with E-state index in [0.717, 1.165) is 12.1 Å². The summed E-state index contributed by atoms with van der Waals surface area (Å²) in [6.45, 7) is 0. The SMILES string of the molecule is COc1cc(OC)nc(OC(Cc2ccncn2)c2ccc(C(F)(F)F)cc2)n1. The Bertz CT molecular complexity index is 915. The van der Waals surface area contributed by atoms with Gasteiger partial charge in [0.15, 0.2) is 0 Å². The van der Waals surface area contributed by atoms with Gasteiger partial charge in [0.25, 0.3) is 0 Å². The first-order chi connectivity index (χ1) is 13.9. The molecule has 0 spiro atoms. The number of alkyl halides is 3. The molecule has 0 N–H and O–H groups in total. The number of halogens is 3. The van der Waals surface area contributed by atoms with Crippen molar-refractivity contribution in [3.8, 4) is 17.8 Å². The van der Waals surface area contributed by atoms with Crippen molar-refractivity contribution in [2.45, 2.75) is 18.7 Å². The normalized spacial score (nSPS) is 12.3. The molecule has 0 aliphatic carbocycles. The summed E-state index contributed by atoms with van der Waals surface area (Å²) in [5, 5.41) is 0. The van der Waals surface area contributed by atoms with Gasteiger partial charge >= 0.3 is 12.2 Å². The van der Waals surface area contributed by atoms with E-state index >= 15 is 0 Å². The molecule has 0 saturated carbocycles. The number of benzene rings is 1. The molecule has 0 fully saturated rings. The summed E-state index contributed by atoms with van der Waals surface area (Å²) < 4.78 is 54.7. The van der Waals surface area contributed by atoms with Crippen LogP contribution in [0.3, 0.4) is 0 Å². The Morgan fingerprint density at radius 2 is 1.62 bits per heavy atom. The summed E-state index contributed by atoms with van der Waals surface area (Å²) in [5.41, 5.74) is 0.392. The minimum atomic E-state index is -4.43. The number of nitrogens with zero attached hydrogens (tertiary/aromatic N) is 4. The molecule has 1 atom stereocenters. The highest BCUT2D eigenvalue weighted by molar-refractivity contribution is 5.28. The van der Waals surface area contributed by atoms with E-state index in [2.05, 4.69) is 19.9 Å². The molecule has 0 radical (unpaired) electrons. The van der Waals surface area contributed by atoms with E-state index in [4.69, 9.17) is 14.2 Å². The van der Waals surface area contributed by atoms with Crippen LogP contribution in [0.1, 0.15) is 22.9 Å². The predicted octanol–water partition coefficient (Wildman–Crippen LogP) is 3.67. The van der Waals surface area contributed by atoms with Crippen molar-refractivity contribution in [2.24, 2.45) is 0 Å². The molecule has 0 amide bonds. The maximum atomic E-state index is 12.9. The second-order valence-electron chi connectivity index (χ2n) is 5.87. The molecule has 0 saturated heterocycles. The van der Waals surface area contributed by atoms with Gasteiger partial charge in [-0.3, -0.25) is 0 Å². The third-order valence-electron chi connectivity index (χ3n) is 3.97. The van der Waals surface area contributed by atoms with Crippen LogP contribution in [-0.4, -0.2) is 34.2 Å². The predicted molar refractivity (Wildman–Crippen MR) is 95.7 cm³/mol. The molecule has 10 heteroatoms. The smallest absolute Gasteiger partial charge is 0.416 e. The van der Waals surface area contributed by atoms with Gasteiger partial charge in [0.2, 0.25) is 11.8 Å². The maximum absolute atomic E-state index is 12.9. The van der Waals surface area contributed by atoms with Gasteiger partial charge in [-0.05, 0) is 23.8 Å². The summed E-state index contributed by atoms with van der Waals surface area (Å²) in [7, 11) is 2.86. The molecule has 2 heterocycles. The summed E-state index contributed by atoms with van der Waals surface area (Å²) in [6.07, 6.45) is -1.92. The lowest BCUT2D eigenvalue weighted by atomic mass is 10.0. The Balaban J connectivity index is 1.93. The average molecular weight is 406 g/mol. The van der Waals surface area contributed by atoms with Gasteiger partial charge in [-0.25, -0.2) is 9.97 Å². The van der Waals surface area contributed by atoms with Crippen LogP contribution in [0.15, 0.2) is 48.9 Å². The Morgan fingerprint density at radius 1 is 0.966 bits per heavy atom. The fraction of sp³-hybridized carbons (Fsp3) is 0.263. The molecule has 3 aromatic rings. The molecule has 3 rings (SSSR count). The fourth-order valence-corrected chi connectivity index (χ4v) is 2.52. The van der Waals surface area contributed by atoms with Gasteiger partial charge < -0.3 is 14.2 Å². The van der Waals surface area contributed by atoms with Gasteiger partial charge in [-0.2, -0.15) is 23.1 Å². The summed E-state index contributed by atoms with van der Waals surface area (Å²) in [4.78, 5) is 16.2. The van der Waals surface area contributed by atoms with E-state index in [1.807, 2.05) is 0 Å². The van der Waals surface area contributed by atoms with E-state index in [-0.39, 0.29) is 24.2 Å². The molecule has 1 aromatic carbocycles. The zero-order valence-electron chi connectivity index (χ0n) is 15.6. The molecular formula is C19H17F3N4O3. The van der Waals surface area contributed by atoms with Crippen molar-refractivity contribution < 1.29 is 27.4 Å². The van der Waals surface area contributed by atoms with E-state index in [1.165, 1.54) is 38.7 Å². The first-order valence-corrected chi connectivity index (χ1v) is 8.45. The second-order valence-corrected chi connectivity index (χ2v) is 5.87. The zero-order valence-corrected chi connectivity index (χ0v) is 15.6. The number of ether oxygens (including phenoxy) is 3. The van der Waals surface area contributed by atoms with Crippen molar-refractivity contribution in [2.75, 3.05) is 14.2 Å². The van der Waals surface area contributed by atoms with Gasteiger partial charge in [0, 0.05) is 18.3 Å². The molecule has 7 nitrogen and oxygen atoms in total. The van der Waals surface area contributed by atoms with Crippen LogP contribution < -0.4 is 14.2 Å². The highest BCUT2D eigenvalue weighted by Gasteiger charge is 2.30. The topological polar surface area (TPSA) is 79.2 Å². The Morgan fingerprint density at radius 3 is 2.14 bits per heavy atom. The largest absolute Gasteiger partial charge is 0.481 e. The van der Waals surface area contributed by atoms with E-state index in [1.54, 1.807) is 12.3 Å². The Kier molecular flexibility index (Phi) is 6.10. The van der Waals surface area contributed by atoms with Crippen molar-refractivity contribution in [1.82, 2.24) is 19.9 Å². The van der Waals surface area contributed by atoms with Crippen molar-refractivity contribution in [3.63, 3.8) is 0 Å². The van der Waals surface area contributed by atoms with Crippen molar-refractivity contribution in [3.05, 3.63) is 65.7 Å². The third kappa shape index (κ3) is 5.31. The van der Waals surface area contributed by atoms with Gasteiger partial charge in [-0.15, -0.1) is 0 Å². The molecule has 1 unspecified atom stereocenters. The quantitative estimate of drug-likeness (QED) is 0.592. The van der Waals surface area contributed by atoms with Crippen LogP contribution in [0.2, 0.25) is 0 Å². The number of aromatic nitrogens is 4. The molecule has 0 aliphatic heterocycles. The van der Waals surface area contributed by atoms with Crippen molar-refractivity contribution >= 4 is 0 Å². The minimum absolute atomic E-state index is 0.0415. The average Bonchev–Trinajstić information content (AvgIpc) is 2.73. The lowest BCUT2D eigenvalue weighted by Gasteiger charge is -2.19. The number of methoxy groups -OCH3 is 2. The van der Waals surface area contributed by atoms with Crippen LogP contribution in [0.4, 0.5) is 13.2 Å². The highest BCUT2D eigenvalue weighted by atomic mass is 19.4. The lowest BCUT2D eigenvalue weighted by molar-refractivity contribution is -0.137. The minimum Gasteiger partial charge on any atom is -0.481 e. The van der Waals surface area contributed by atoms with E-state index < -0.39 is 17.8 Å². The summed E-state index contributed by atoms with van der Waals surface area (Å²) in [6, 6.07) is 7.83. The Labute approximate surface area is 164 Å². The van der Waals surface area contributed by atoms with Gasteiger partial charge in [0.05, 0.1) is 25.8 Å². The Hall–Kier alpha value is -3.43. The van der Waals surface area contributed by atoms with Crippen LogP contribution in [0.25, 0.3) is 0 Å². The number of rotatable bonds is 7. The monoisotopic (exact) mass is 406 g/mol. The summed E-state index contributed by atoms with van der Waals surface area (Å²) >= 11 is 0.